The Morgan fingerprint density at radius 2 is 1.72 bits per heavy atom. The maximum absolute atomic E-state index is 6.05. The molecule has 1 aliphatic rings. The molecule has 4 rings (SSSR count). The fraction of sp³-hybridized carbons (Fsp3) is 0.350. The summed E-state index contributed by atoms with van der Waals surface area (Å²) in [7, 11) is 0. The van der Waals surface area contributed by atoms with Crippen LogP contribution in [0.5, 0.6) is 0 Å². The molecule has 0 radical (unpaired) electrons. The molecule has 2 aromatic carbocycles. The lowest BCUT2D eigenvalue weighted by Gasteiger charge is -2.29. The second-order valence-electron chi connectivity index (χ2n) is 6.79. The third kappa shape index (κ3) is 3.24. The van der Waals surface area contributed by atoms with E-state index in [1.165, 1.54) is 22.2 Å². The maximum atomic E-state index is 6.05. The summed E-state index contributed by atoms with van der Waals surface area (Å²) in [6.07, 6.45) is 0. The molecule has 0 saturated carbocycles. The van der Waals surface area contributed by atoms with Gasteiger partial charge in [-0.05, 0) is 54.8 Å². The van der Waals surface area contributed by atoms with E-state index in [0.717, 1.165) is 49.2 Å². The molecular weight excluding hydrogens is 332 g/mol. The van der Waals surface area contributed by atoms with Gasteiger partial charge >= 0.3 is 0 Å². The summed E-state index contributed by atoms with van der Waals surface area (Å²) in [5.74, 6) is 1.07. The summed E-state index contributed by atoms with van der Waals surface area (Å²) >= 11 is 6.05. The molecule has 1 N–H and O–H groups in total. The number of rotatable bonds is 3. The van der Waals surface area contributed by atoms with E-state index in [1.54, 1.807) is 0 Å². The van der Waals surface area contributed by atoms with E-state index in [0.29, 0.717) is 0 Å². The first-order valence-electron chi connectivity index (χ1n) is 8.79. The monoisotopic (exact) mass is 354 g/mol. The Hall–Kier alpha value is -2.04. The average Bonchev–Trinajstić information content (AvgIpc) is 2.96. The van der Waals surface area contributed by atoms with Crippen molar-refractivity contribution < 1.29 is 0 Å². The van der Waals surface area contributed by atoms with Crippen LogP contribution in [0.2, 0.25) is 5.02 Å². The third-order valence-corrected chi connectivity index (χ3v) is 5.25. The molecule has 0 aliphatic carbocycles. The van der Waals surface area contributed by atoms with Gasteiger partial charge in [0, 0.05) is 31.2 Å². The molecule has 25 heavy (non-hydrogen) atoms. The predicted molar refractivity (Wildman–Crippen MR) is 105 cm³/mol. The van der Waals surface area contributed by atoms with Crippen molar-refractivity contribution in [3.63, 3.8) is 0 Å². The van der Waals surface area contributed by atoms with Gasteiger partial charge in [-0.1, -0.05) is 23.7 Å². The van der Waals surface area contributed by atoms with Gasteiger partial charge in [0.2, 0.25) is 5.95 Å². The Balaban J connectivity index is 1.82. The Labute approximate surface area is 153 Å². The Morgan fingerprint density at radius 3 is 2.44 bits per heavy atom. The molecule has 0 bridgehead atoms. The lowest BCUT2D eigenvalue weighted by Crippen LogP contribution is -2.44. The minimum absolute atomic E-state index is 0.771. The molecule has 1 aromatic heterocycles. The van der Waals surface area contributed by atoms with Crippen LogP contribution in [-0.2, 0) is 6.54 Å². The topological polar surface area (TPSA) is 33.1 Å². The van der Waals surface area contributed by atoms with E-state index in [2.05, 4.69) is 52.9 Å². The highest BCUT2D eigenvalue weighted by Gasteiger charge is 2.19. The Bertz CT molecular complexity index is 892. The molecule has 0 atom stereocenters. The van der Waals surface area contributed by atoms with Crippen molar-refractivity contribution in [2.45, 2.75) is 20.4 Å². The number of imidazole rings is 1. The van der Waals surface area contributed by atoms with Crippen LogP contribution in [0.15, 0.2) is 36.4 Å². The molecule has 0 unspecified atom stereocenters. The lowest BCUT2D eigenvalue weighted by atomic mass is 10.1. The number of fused-ring (bicyclic) bond motifs is 1. The number of hydrogen-bond donors (Lipinski definition) is 1. The van der Waals surface area contributed by atoms with Crippen LogP contribution in [0.1, 0.15) is 16.7 Å². The Morgan fingerprint density at radius 1 is 1.04 bits per heavy atom. The zero-order valence-corrected chi connectivity index (χ0v) is 15.5. The SMILES string of the molecule is Cc1cc2nc(N3CCNCC3)n(Cc3ccc(Cl)cc3)c2cc1C. The quantitative estimate of drug-likeness (QED) is 0.777. The van der Waals surface area contributed by atoms with Gasteiger partial charge in [-0.2, -0.15) is 0 Å². The normalized spacial score (nSPS) is 15.1. The van der Waals surface area contributed by atoms with Crippen LogP contribution in [0, 0.1) is 13.8 Å². The minimum atomic E-state index is 0.771. The Kier molecular flexibility index (Phi) is 4.40. The van der Waals surface area contributed by atoms with E-state index in [4.69, 9.17) is 16.6 Å². The van der Waals surface area contributed by atoms with Crippen LogP contribution >= 0.6 is 11.6 Å². The van der Waals surface area contributed by atoms with Crippen LogP contribution in [-0.4, -0.2) is 35.7 Å². The van der Waals surface area contributed by atoms with Crippen LogP contribution in [0.25, 0.3) is 11.0 Å². The van der Waals surface area contributed by atoms with Gasteiger partial charge in [-0.3, -0.25) is 0 Å². The first-order valence-corrected chi connectivity index (χ1v) is 9.17. The largest absolute Gasteiger partial charge is 0.340 e. The van der Waals surface area contributed by atoms with Crippen molar-refractivity contribution in [1.29, 1.82) is 0 Å². The molecule has 3 aromatic rings. The summed E-state index contributed by atoms with van der Waals surface area (Å²) in [5, 5.41) is 4.19. The van der Waals surface area contributed by atoms with Crippen molar-refractivity contribution in [2.75, 3.05) is 31.1 Å². The fourth-order valence-electron chi connectivity index (χ4n) is 3.40. The highest BCUT2D eigenvalue weighted by Crippen LogP contribution is 2.27. The number of aryl methyl sites for hydroxylation is 2. The molecular formula is C20H23ClN4. The molecule has 0 amide bonds. The molecule has 5 heteroatoms. The molecule has 4 nitrogen and oxygen atoms in total. The van der Waals surface area contributed by atoms with Gasteiger partial charge < -0.3 is 14.8 Å². The zero-order chi connectivity index (χ0) is 17.4. The van der Waals surface area contributed by atoms with E-state index < -0.39 is 0 Å². The first-order chi connectivity index (χ1) is 12.1. The maximum Gasteiger partial charge on any atom is 0.206 e. The summed E-state index contributed by atoms with van der Waals surface area (Å²) in [6.45, 7) is 9.10. The van der Waals surface area contributed by atoms with Crippen molar-refractivity contribution >= 4 is 28.6 Å². The predicted octanol–water partition coefficient (Wildman–Crippen LogP) is 3.76. The molecule has 0 spiro atoms. The third-order valence-electron chi connectivity index (χ3n) is 5.00. The van der Waals surface area contributed by atoms with Gasteiger partial charge in [-0.25, -0.2) is 4.98 Å². The van der Waals surface area contributed by atoms with E-state index in [1.807, 2.05) is 12.1 Å². The molecule has 2 heterocycles. The lowest BCUT2D eigenvalue weighted by molar-refractivity contribution is 0.571. The number of halogens is 1. The summed E-state index contributed by atoms with van der Waals surface area (Å²) in [5.41, 5.74) is 6.10. The number of piperazine rings is 1. The van der Waals surface area contributed by atoms with E-state index >= 15 is 0 Å². The smallest absolute Gasteiger partial charge is 0.206 e. The van der Waals surface area contributed by atoms with Gasteiger partial charge in [-0.15, -0.1) is 0 Å². The van der Waals surface area contributed by atoms with Gasteiger partial charge in [0.1, 0.15) is 0 Å². The van der Waals surface area contributed by atoms with E-state index in [9.17, 15) is 0 Å². The highest BCUT2D eigenvalue weighted by molar-refractivity contribution is 6.30. The molecule has 130 valence electrons. The second kappa shape index (κ2) is 6.70. The zero-order valence-electron chi connectivity index (χ0n) is 14.7. The highest BCUT2D eigenvalue weighted by atomic mass is 35.5. The van der Waals surface area contributed by atoms with Gasteiger partial charge in [0.25, 0.3) is 0 Å². The number of benzene rings is 2. The number of aromatic nitrogens is 2. The van der Waals surface area contributed by atoms with Crippen LogP contribution in [0.3, 0.4) is 0 Å². The van der Waals surface area contributed by atoms with Crippen molar-refractivity contribution in [1.82, 2.24) is 14.9 Å². The van der Waals surface area contributed by atoms with Gasteiger partial charge in [0.15, 0.2) is 0 Å². The van der Waals surface area contributed by atoms with Crippen LogP contribution < -0.4 is 10.2 Å². The fourth-order valence-corrected chi connectivity index (χ4v) is 3.53. The second-order valence-corrected chi connectivity index (χ2v) is 7.22. The molecule has 1 saturated heterocycles. The summed E-state index contributed by atoms with van der Waals surface area (Å²) < 4.78 is 2.34. The summed E-state index contributed by atoms with van der Waals surface area (Å²) in [6, 6.07) is 12.6. The first kappa shape index (κ1) is 16.4. The number of hydrogen-bond acceptors (Lipinski definition) is 3. The number of anilines is 1. The number of nitrogens with one attached hydrogen (secondary N) is 1. The standard InChI is InChI=1S/C20H23ClN4/c1-14-11-18-19(12-15(14)2)25(13-16-3-5-17(21)6-4-16)20(23-18)24-9-7-22-8-10-24/h3-6,11-12,22H,7-10,13H2,1-2H3. The van der Waals surface area contributed by atoms with Crippen LogP contribution in [0.4, 0.5) is 5.95 Å². The van der Waals surface area contributed by atoms with Crippen molar-refractivity contribution in [3.05, 3.63) is 58.1 Å². The minimum Gasteiger partial charge on any atom is -0.340 e. The van der Waals surface area contributed by atoms with Crippen molar-refractivity contribution in [2.24, 2.45) is 0 Å². The summed E-state index contributed by atoms with van der Waals surface area (Å²) in [4.78, 5) is 7.37. The van der Waals surface area contributed by atoms with Crippen molar-refractivity contribution in [3.8, 4) is 0 Å². The average molecular weight is 355 g/mol. The molecule has 1 aliphatic heterocycles. The number of nitrogens with zero attached hydrogens (tertiary/aromatic N) is 3. The van der Waals surface area contributed by atoms with Gasteiger partial charge in [0.05, 0.1) is 17.6 Å². The molecule has 1 fully saturated rings. The van der Waals surface area contributed by atoms with E-state index in [-0.39, 0.29) is 0 Å².